The Hall–Kier alpha value is -0.820. The molecule has 1 unspecified atom stereocenters. The van der Waals surface area contributed by atoms with Gasteiger partial charge in [-0.15, -0.1) is 0 Å². The van der Waals surface area contributed by atoms with Crippen LogP contribution in [0.3, 0.4) is 0 Å². The standard InChI is InChI=1S/C16H25N/c1-3-4-6-11-15(17-2)16(12-13-16)14-9-7-5-8-10-14/h5,7-10,15,17H,3-4,6,11-13H2,1-2H3. The molecular weight excluding hydrogens is 206 g/mol. The zero-order chi connectivity index (χ0) is 12.1. The van der Waals surface area contributed by atoms with Gasteiger partial charge in [-0.25, -0.2) is 0 Å². The normalized spacial score (nSPS) is 18.9. The lowest BCUT2D eigenvalue weighted by Crippen LogP contribution is -2.37. The molecule has 1 aliphatic carbocycles. The van der Waals surface area contributed by atoms with Gasteiger partial charge in [0.15, 0.2) is 0 Å². The molecule has 1 aliphatic rings. The van der Waals surface area contributed by atoms with Gasteiger partial charge in [-0.2, -0.15) is 0 Å². The Kier molecular flexibility index (Phi) is 4.22. The smallest absolute Gasteiger partial charge is 0.0161 e. The molecule has 0 spiro atoms. The fourth-order valence-corrected chi connectivity index (χ4v) is 3.04. The van der Waals surface area contributed by atoms with Crippen molar-refractivity contribution in [3.63, 3.8) is 0 Å². The summed E-state index contributed by atoms with van der Waals surface area (Å²) in [6.45, 7) is 2.28. The number of hydrogen-bond donors (Lipinski definition) is 1. The highest BCUT2D eigenvalue weighted by molar-refractivity contribution is 5.33. The van der Waals surface area contributed by atoms with Crippen molar-refractivity contribution in [3.8, 4) is 0 Å². The van der Waals surface area contributed by atoms with Gasteiger partial charge in [0, 0.05) is 11.5 Å². The van der Waals surface area contributed by atoms with E-state index in [0.717, 1.165) is 0 Å². The zero-order valence-corrected chi connectivity index (χ0v) is 11.2. The van der Waals surface area contributed by atoms with Gasteiger partial charge in [0.2, 0.25) is 0 Å². The van der Waals surface area contributed by atoms with Crippen molar-refractivity contribution in [1.29, 1.82) is 0 Å². The van der Waals surface area contributed by atoms with Crippen LogP contribution in [0.5, 0.6) is 0 Å². The van der Waals surface area contributed by atoms with Crippen LogP contribution in [0.25, 0.3) is 0 Å². The highest BCUT2D eigenvalue weighted by Crippen LogP contribution is 2.51. The van der Waals surface area contributed by atoms with Crippen LogP contribution in [-0.2, 0) is 5.41 Å². The lowest BCUT2D eigenvalue weighted by Gasteiger charge is -2.27. The van der Waals surface area contributed by atoms with E-state index < -0.39 is 0 Å². The molecule has 0 aliphatic heterocycles. The van der Waals surface area contributed by atoms with Gasteiger partial charge in [0.25, 0.3) is 0 Å². The number of nitrogens with one attached hydrogen (secondary N) is 1. The molecule has 0 saturated heterocycles. The third kappa shape index (κ3) is 2.71. The van der Waals surface area contributed by atoms with E-state index in [1.165, 1.54) is 44.1 Å². The number of likely N-dealkylation sites (N-methyl/N-ethyl adjacent to an activating group) is 1. The van der Waals surface area contributed by atoms with Gasteiger partial charge in [-0.1, -0.05) is 56.5 Å². The predicted molar refractivity (Wildman–Crippen MR) is 74.3 cm³/mol. The second-order valence-corrected chi connectivity index (χ2v) is 5.36. The summed E-state index contributed by atoms with van der Waals surface area (Å²) < 4.78 is 0. The molecule has 1 N–H and O–H groups in total. The average molecular weight is 231 g/mol. The largest absolute Gasteiger partial charge is 0.316 e. The maximum Gasteiger partial charge on any atom is 0.0161 e. The summed E-state index contributed by atoms with van der Waals surface area (Å²) in [4.78, 5) is 0. The molecule has 1 atom stereocenters. The molecule has 1 heteroatoms. The van der Waals surface area contributed by atoms with Gasteiger partial charge >= 0.3 is 0 Å². The van der Waals surface area contributed by atoms with Crippen molar-refractivity contribution in [2.75, 3.05) is 7.05 Å². The van der Waals surface area contributed by atoms with E-state index in [0.29, 0.717) is 11.5 Å². The van der Waals surface area contributed by atoms with Gasteiger partial charge in [-0.3, -0.25) is 0 Å². The van der Waals surface area contributed by atoms with Crippen LogP contribution in [0.4, 0.5) is 0 Å². The van der Waals surface area contributed by atoms with Crippen LogP contribution in [0.2, 0.25) is 0 Å². The van der Waals surface area contributed by atoms with E-state index in [1.807, 2.05) is 0 Å². The number of unbranched alkanes of at least 4 members (excludes halogenated alkanes) is 2. The first kappa shape index (κ1) is 12.6. The minimum Gasteiger partial charge on any atom is -0.316 e. The van der Waals surface area contributed by atoms with Crippen molar-refractivity contribution >= 4 is 0 Å². The fourth-order valence-electron chi connectivity index (χ4n) is 3.04. The highest BCUT2D eigenvalue weighted by Gasteiger charge is 2.49. The quantitative estimate of drug-likeness (QED) is 0.702. The van der Waals surface area contributed by atoms with E-state index in [1.54, 1.807) is 0 Å². The molecule has 94 valence electrons. The van der Waals surface area contributed by atoms with Crippen LogP contribution in [0.15, 0.2) is 30.3 Å². The summed E-state index contributed by atoms with van der Waals surface area (Å²) in [5, 5.41) is 3.56. The maximum absolute atomic E-state index is 3.56. The first-order valence-electron chi connectivity index (χ1n) is 7.06. The summed E-state index contributed by atoms with van der Waals surface area (Å²) in [5.74, 6) is 0. The SMILES string of the molecule is CCCCCC(NC)C1(c2ccccc2)CC1. The predicted octanol–water partition coefficient (Wildman–Crippen LogP) is 3.89. The molecule has 0 aromatic heterocycles. The molecule has 2 rings (SSSR count). The van der Waals surface area contributed by atoms with E-state index >= 15 is 0 Å². The van der Waals surface area contributed by atoms with Crippen molar-refractivity contribution in [2.24, 2.45) is 0 Å². The Balaban J connectivity index is 2.03. The first-order valence-corrected chi connectivity index (χ1v) is 7.06. The zero-order valence-electron chi connectivity index (χ0n) is 11.2. The summed E-state index contributed by atoms with van der Waals surface area (Å²) in [7, 11) is 2.12. The van der Waals surface area contributed by atoms with Crippen molar-refractivity contribution < 1.29 is 0 Å². The Morgan fingerprint density at radius 3 is 2.41 bits per heavy atom. The lowest BCUT2D eigenvalue weighted by molar-refractivity contribution is 0.403. The third-order valence-corrected chi connectivity index (χ3v) is 4.25. The summed E-state index contributed by atoms with van der Waals surface area (Å²) >= 11 is 0. The average Bonchev–Trinajstić information content (AvgIpc) is 3.17. The lowest BCUT2D eigenvalue weighted by atomic mass is 9.85. The van der Waals surface area contributed by atoms with Crippen LogP contribution in [0, 0.1) is 0 Å². The van der Waals surface area contributed by atoms with Crippen molar-refractivity contribution in [3.05, 3.63) is 35.9 Å². The summed E-state index contributed by atoms with van der Waals surface area (Å²) in [6.07, 6.45) is 8.07. The monoisotopic (exact) mass is 231 g/mol. The van der Waals surface area contributed by atoms with Crippen LogP contribution in [-0.4, -0.2) is 13.1 Å². The second kappa shape index (κ2) is 5.68. The second-order valence-electron chi connectivity index (χ2n) is 5.36. The molecule has 1 fully saturated rings. The van der Waals surface area contributed by atoms with Gasteiger partial charge < -0.3 is 5.32 Å². The number of rotatable bonds is 7. The molecule has 1 saturated carbocycles. The van der Waals surface area contributed by atoms with E-state index in [2.05, 4.69) is 49.6 Å². The fraction of sp³-hybridized carbons (Fsp3) is 0.625. The minimum atomic E-state index is 0.448. The Morgan fingerprint density at radius 2 is 1.88 bits per heavy atom. The van der Waals surface area contributed by atoms with Crippen molar-refractivity contribution in [1.82, 2.24) is 5.32 Å². The van der Waals surface area contributed by atoms with Crippen LogP contribution in [0.1, 0.15) is 51.0 Å². The number of benzene rings is 1. The topological polar surface area (TPSA) is 12.0 Å². The third-order valence-electron chi connectivity index (χ3n) is 4.25. The van der Waals surface area contributed by atoms with E-state index in [9.17, 15) is 0 Å². The van der Waals surface area contributed by atoms with E-state index in [4.69, 9.17) is 0 Å². The Labute approximate surface area is 106 Å². The van der Waals surface area contributed by atoms with E-state index in [-0.39, 0.29) is 0 Å². The number of hydrogen-bond acceptors (Lipinski definition) is 1. The Bertz CT molecular complexity index is 327. The molecule has 1 nitrogen and oxygen atoms in total. The molecule has 17 heavy (non-hydrogen) atoms. The van der Waals surface area contributed by atoms with Gasteiger partial charge in [0.1, 0.15) is 0 Å². The van der Waals surface area contributed by atoms with Crippen LogP contribution < -0.4 is 5.32 Å². The van der Waals surface area contributed by atoms with Gasteiger partial charge in [-0.05, 0) is 31.9 Å². The van der Waals surface area contributed by atoms with Gasteiger partial charge in [0.05, 0.1) is 0 Å². The van der Waals surface area contributed by atoms with Crippen molar-refractivity contribution in [2.45, 2.75) is 56.9 Å². The minimum absolute atomic E-state index is 0.448. The molecule has 1 aromatic carbocycles. The molecular formula is C16H25N. The van der Waals surface area contributed by atoms with Crippen LogP contribution >= 0.6 is 0 Å². The first-order chi connectivity index (χ1) is 8.33. The molecule has 0 heterocycles. The molecule has 0 radical (unpaired) electrons. The molecule has 0 amide bonds. The maximum atomic E-state index is 3.56. The summed E-state index contributed by atoms with van der Waals surface area (Å²) in [6, 6.07) is 11.7. The summed E-state index contributed by atoms with van der Waals surface area (Å²) in [5.41, 5.74) is 1.99. The Morgan fingerprint density at radius 1 is 1.18 bits per heavy atom. The highest BCUT2D eigenvalue weighted by atomic mass is 14.9. The molecule has 0 bridgehead atoms. The molecule has 1 aromatic rings.